The van der Waals surface area contributed by atoms with E-state index in [2.05, 4.69) is 15.1 Å². The van der Waals surface area contributed by atoms with Crippen LogP contribution in [0.25, 0.3) is 0 Å². The Morgan fingerprint density at radius 2 is 2.11 bits per heavy atom. The minimum atomic E-state index is -0.159. The lowest BCUT2D eigenvalue weighted by Crippen LogP contribution is -2.37. The third kappa shape index (κ3) is 3.78. The molecule has 1 saturated heterocycles. The third-order valence-electron chi connectivity index (χ3n) is 3.75. The van der Waals surface area contributed by atoms with Gasteiger partial charge in [-0.2, -0.15) is 0 Å². The lowest BCUT2D eigenvalue weighted by atomic mass is 9.92. The predicted molar refractivity (Wildman–Crippen MR) is 68.2 cm³/mol. The normalized spacial score (nSPS) is 20.2. The first-order valence-corrected chi connectivity index (χ1v) is 6.84. The molecule has 0 amide bonds. The molecule has 1 aromatic rings. The van der Waals surface area contributed by atoms with E-state index >= 15 is 0 Å². The highest BCUT2D eigenvalue weighted by Crippen LogP contribution is 2.20. The molecule has 1 N–H and O–H groups in total. The summed E-state index contributed by atoms with van der Waals surface area (Å²) in [5.74, 6) is 1.87. The molecule has 0 spiro atoms. The Kier molecular flexibility index (Phi) is 4.72. The van der Waals surface area contributed by atoms with E-state index in [4.69, 9.17) is 4.42 Å². The van der Waals surface area contributed by atoms with Gasteiger partial charge < -0.3 is 14.4 Å². The first-order chi connectivity index (χ1) is 8.65. The zero-order valence-corrected chi connectivity index (χ0v) is 11.3. The van der Waals surface area contributed by atoms with Crippen molar-refractivity contribution in [2.75, 3.05) is 19.6 Å². The highest BCUT2D eigenvalue weighted by atomic mass is 16.4. The Hall–Kier alpha value is -0.940. The van der Waals surface area contributed by atoms with Crippen molar-refractivity contribution >= 4 is 0 Å². The summed E-state index contributed by atoms with van der Waals surface area (Å²) in [5.41, 5.74) is 0. The number of aliphatic hydroxyl groups excluding tert-OH is 1. The van der Waals surface area contributed by atoms with Crippen LogP contribution in [0.3, 0.4) is 0 Å². The van der Waals surface area contributed by atoms with Crippen LogP contribution < -0.4 is 0 Å². The van der Waals surface area contributed by atoms with Crippen LogP contribution >= 0.6 is 0 Å². The fourth-order valence-electron chi connectivity index (χ4n) is 2.55. The van der Waals surface area contributed by atoms with Gasteiger partial charge in [0.2, 0.25) is 11.8 Å². The molecule has 1 aliphatic heterocycles. The zero-order valence-electron chi connectivity index (χ0n) is 11.3. The van der Waals surface area contributed by atoms with E-state index in [1.807, 2.05) is 13.8 Å². The highest BCUT2D eigenvalue weighted by Gasteiger charge is 2.22. The molecular formula is C13H23N3O2. The SMILES string of the molecule is Cc1nnc(CCCN2CCC(C(C)O)CC2)o1. The summed E-state index contributed by atoms with van der Waals surface area (Å²) in [6.07, 6.45) is 3.97. The predicted octanol–water partition coefficient (Wildman–Crippen LogP) is 1.40. The Morgan fingerprint density at radius 3 is 2.67 bits per heavy atom. The number of hydrogen-bond acceptors (Lipinski definition) is 5. The molecule has 0 radical (unpaired) electrons. The number of aliphatic hydroxyl groups is 1. The summed E-state index contributed by atoms with van der Waals surface area (Å²) in [6.45, 7) is 6.99. The van der Waals surface area contributed by atoms with Gasteiger partial charge in [-0.25, -0.2) is 0 Å². The second-order valence-corrected chi connectivity index (χ2v) is 5.24. The van der Waals surface area contributed by atoms with Crippen molar-refractivity contribution in [1.29, 1.82) is 0 Å². The molecule has 5 heteroatoms. The average molecular weight is 253 g/mol. The smallest absolute Gasteiger partial charge is 0.216 e. The van der Waals surface area contributed by atoms with E-state index in [-0.39, 0.29) is 6.10 Å². The van der Waals surface area contributed by atoms with Crippen molar-refractivity contribution in [1.82, 2.24) is 15.1 Å². The average Bonchev–Trinajstić information content (AvgIpc) is 2.76. The third-order valence-corrected chi connectivity index (χ3v) is 3.75. The van der Waals surface area contributed by atoms with Gasteiger partial charge in [0.05, 0.1) is 6.10 Å². The van der Waals surface area contributed by atoms with Crippen LogP contribution in [0.4, 0.5) is 0 Å². The summed E-state index contributed by atoms with van der Waals surface area (Å²) in [6, 6.07) is 0. The number of likely N-dealkylation sites (tertiary alicyclic amines) is 1. The maximum atomic E-state index is 9.54. The molecule has 5 nitrogen and oxygen atoms in total. The molecule has 1 atom stereocenters. The van der Waals surface area contributed by atoms with E-state index in [0.29, 0.717) is 11.8 Å². The Balaban J connectivity index is 1.63. The number of hydrogen-bond donors (Lipinski definition) is 1. The fraction of sp³-hybridized carbons (Fsp3) is 0.846. The van der Waals surface area contributed by atoms with Gasteiger partial charge >= 0.3 is 0 Å². The molecule has 2 rings (SSSR count). The van der Waals surface area contributed by atoms with Crippen molar-refractivity contribution in [3.05, 3.63) is 11.8 Å². The van der Waals surface area contributed by atoms with Crippen molar-refractivity contribution in [2.45, 2.75) is 45.6 Å². The monoisotopic (exact) mass is 253 g/mol. The number of aryl methyl sites for hydroxylation is 2. The lowest BCUT2D eigenvalue weighted by molar-refractivity contribution is 0.0714. The van der Waals surface area contributed by atoms with Gasteiger partial charge in [-0.1, -0.05) is 0 Å². The zero-order chi connectivity index (χ0) is 13.0. The molecule has 18 heavy (non-hydrogen) atoms. The number of rotatable bonds is 5. The van der Waals surface area contributed by atoms with E-state index in [1.54, 1.807) is 0 Å². The van der Waals surface area contributed by atoms with Crippen LogP contribution in [-0.4, -0.2) is 45.9 Å². The largest absolute Gasteiger partial charge is 0.426 e. The summed E-state index contributed by atoms with van der Waals surface area (Å²) >= 11 is 0. The molecule has 1 aliphatic rings. The van der Waals surface area contributed by atoms with Crippen molar-refractivity contribution in [3.8, 4) is 0 Å². The molecule has 0 aliphatic carbocycles. The molecule has 1 aromatic heterocycles. The summed E-state index contributed by atoms with van der Waals surface area (Å²) < 4.78 is 5.35. The van der Waals surface area contributed by atoms with E-state index in [1.165, 1.54) is 0 Å². The van der Waals surface area contributed by atoms with Gasteiger partial charge in [-0.15, -0.1) is 10.2 Å². The van der Waals surface area contributed by atoms with Gasteiger partial charge in [0.25, 0.3) is 0 Å². The molecule has 0 saturated carbocycles. The first-order valence-electron chi connectivity index (χ1n) is 6.84. The Morgan fingerprint density at radius 1 is 1.39 bits per heavy atom. The summed E-state index contributed by atoms with van der Waals surface area (Å²) in [5, 5.41) is 17.4. The van der Waals surface area contributed by atoms with Crippen LogP contribution in [-0.2, 0) is 6.42 Å². The van der Waals surface area contributed by atoms with Crippen LogP contribution in [0.1, 0.15) is 38.0 Å². The lowest BCUT2D eigenvalue weighted by Gasteiger charge is -2.33. The van der Waals surface area contributed by atoms with E-state index in [0.717, 1.165) is 51.2 Å². The molecule has 0 aromatic carbocycles. The molecule has 0 bridgehead atoms. The van der Waals surface area contributed by atoms with E-state index < -0.39 is 0 Å². The Labute approximate surface area is 108 Å². The molecule has 1 unspecified atom stereocenters. The fourth-order valence-corrected chi connectivity index (χ4v) is 2.55. The van der Waals surface area contributed by atoms with Gasteiger partial charge in [0.1, 0.15) is 0 Å². The second-order valence-electron chi connectivity index (χ2n) is 5.24. The first kappa shape index (κ1) is 13.5. The van der Waals surface area contributed by atoms with Crippen LogP contribution in [0.2, 0.25) is 0 Å². The minimum absolute atomic E-state index is 0.159. The number of nitrogens with zero attached hydrogens (tertiary/aromatic N) is 3. The van der Waals surface area contributed by atoms with Crippen molar-refractivity contribution < 1.29 is 9.52 Å². The summed E-state index contributed by atoms with van der Waals surface area (Å²) in [7, 11) is 0. The Bertz CT molecular complexity index is 357. The van der Waals surface area contributed by atoms with Gasteiger partial charge in [0, 0.05) is 13.3 Å². The topological polar surface area (TPSA) is 62.4 Å². The standard InChI is InChI=1S/C13H23N3O2/c1-10(17)12-5-8-16(9-6-12)7-3-4-13-15-14-11(2)18-13/h10,12,17H,3-9H2,1-2H3. The number of aromatic nitrogens is 2. The number of piperidine rings is 1. The van der Waals surface area contributed by atoms with Gasteiger partial charge in [-0.3, -0.25) is 0 Å². The molecule has 102 valence electrons. The van der Waals surface area contributed by atoms with Crippen LogP contribution in [0, 0.1) is 12.8 Å². The minimum Gasteiger partial charge on any atom is -0.426 e. The van der Waals surface area contributed by atoms with Crippen molar-refractivity contribution in [3.63, 3.8) is 0 Å². The van der Waals surface area contributed by atoms with Crippen molar-refractivity contribution in [2.24, 2.45) is 5.92 Å². The van der Waals surface area contributed by atoms with Crippen LogP contribution in [0.5, 0.6) is 0 Å². The van der Waals surface area contributed by atoms with Gasteiger partial charge in [-0.05, 0) is 51.7 Å². The second kappa shape index (κ2) is 6.29. The quantitative estimate of drug-likeness (QED) is 0.859. The molecule has 1 fully saturated rings. The highest BCUT2D eigenvalue weighted by molar-refractivity contribution is 4.80. The van der Waals surface area contributed by atoms with E-state index in [9.17, 15) is 5.11 Å². The summed E-state index contributed by atoms with van der Waals surface area (Å²) in [4.78, 5) is 2.46. The maximum Gasteiger partial charge on any atom is 0.216 e. The molecule has 2 heterocycles. The molecular weight excluding hydrogens is 230 g/mol. The van der Waals surface area contributed by atoms with Gasteiger partial charge in [0.15, 0.2) is 0 Å². The maximum absolute atomic E-state index is 9.54. The van der Waals surface area contributed by atoms with Crippen LogP contribution in [0.15, 0.2) is 4.42 Å².